The second-order valence-electron chi connectivity index (χ2n) is 1.33. The fourth-order valence-corrected chi connectivity index (χ4v) is 0.269. The number of hydrogen-bond donors (Lipinski definition) is 1. The molecule has 4 nitrogen and oxygen atoms in total. The van der Waals surface area contributed by atoms with Crippen molar-refractivity contribution in [2.75, 3.05) is 27.4 Å². The molecule has 0 saturated heterocycles. The van der Waals surface area contributed by atoms with E-state index in [9.17, 15) is 4.79 Å². The first-order valence-corrected chi connectivity index (χ1v) is 2.84. The molecule has 0 aromatic rings. The number of aliphatic hydroxyl groups excluding tert-OH is 1. The zero-order chi connectivity index (χ0) is 8.41. The molecule has 0 radical (unpaired) electrons. The Hall–Kier alpha value is -0.610. The number of carbonyl (C=O) groups excluding carboxylic acids is 1. The molecule has 0 heterocycles. The summed E-state index contributed by atoms with van der Waals surface area (Å²) < 4.78 is 9.13. The summed E-state index contributed by atoms with van der Waals surface area (Å²) in [7, 11) is 2.56. The molecule has 0 atom stereocenters. The Morgan fingerprint density at radius 2 is 1.90 bits per heavy atom. The molecular weight excluding hydrogens is 136 g/mol. The van der Waals surface area contributed by atoms with E-state index in [1.54, 1.807) is 7.11 Å². The zero-order valence-corrected chi connectivity index (χ0v) is 6.59. The molecule has 10 heavy (non-hydrogen) atoms. The summed E-state index contributed by atoms with van der Waals surface area (Å²) in [5.74, 6) is -0.262. The van der Waals surface area contributed by atoms with Crippen molar-refractivity contribution in [3.05, 3.63) is 0 Å². The van der Waals surface area contributed by atoms with Crippen molar-refractivity contribution >= 4 is 5.97 Å². The molecule has 0 aliphatic heterocycles. The third-order valence-electron chi connectivity index (χ3n) is 0.593. The van der Waals surface area contributed by atoms with Crippen LogP contribution in [0, 0.1) is 0 Å². The minimum Gasteiger partial charge on any atom is -0.463 e. The van der Waals surface area contributed by atoms with Crippen LogP contribution in [0.3, 0.4) is 0 Å². The summed E-state index contributed by atoms with van der Waals surface area (Å²) in [6.45, 7) is 2.20. The fraction of sp³-hybridized carbons (Fsp3) is 0.833. The highest BCUT2D eigenvalue weighted by molar-refractivity contribution is 5.65. The van der Waals surface area contributed by atoms with Crippen molar-refractivity contribution in [1.29, 1.82) is 0 Å². The predicted molar refractivity (Wildman–Crippen MR) is 36.7 cm³/mol. The van der Waals surface area contributed by atoms with E-state index < -0.39 is 0 Å². The average Bonchev–Trinajstić information content (AvgIpc) is 1.92. The Kier molecular flexibility index (Phi) is 13.6. The van der Waals surface area contributed by atoms with Gasteiger partial charge >= 0.3 is 5.97 Å². The summed E-state index contributed by atoms with van der Waals surface area (Å²) in [4.78, 5) is 10.0. The van der Waals surface area contributed by atoms with Crippen molar-refractivity contribution in [2.24, 2.45) is 0 Å². The number of ether oxygens (including phenoxy) is 2. The Labute approximate surface area is 60.8 Å². The molecule has 0 unspecified atom stereocenters. The number of carbonyl (C=O) groups is 1. The number of hydrogen-bond acceptors (Lipinski definition) is 4. The quantitative estimate of drug-likeness (QED) is 0.447. The lowest BCUT2D eigenvalue weighted by Crippen LogP contribution is -2.05. The molecule has 0 aromatic carbocycles. The van der Waals surface area contributed by atoms with Gasteiger partial charge in [0.1, 0.15) is 6.61 Å². The largest absolute Gasteiger partial charge is 0.463 e. The highest BCUT2D eigenvalue weighted by Gasteiger charge is 1.88. The molecule has 0 amide bonds. The van der Waals surface area contributed by atoms with Crippen molar-refractivity contribution in [1.82, 2.24) is 0 Å². The first-order chi connectivity index (χ1) is 4.77. The number of esters is 1. The molecular formula is C6H14O4. The summed E-state index contributed by atoms with van der Waals surface area (Å²) >= 11 is 0. The minimum absolute atomic E-state index is 0.262. The van der Waals surface area contributed by atoms with Crippen LogP contribution in [-0.2, 0) is 14.3 Å². The smallest absolute Gasteiger partial charge is 0.302 e. The first-order valence-electron chi connectivity index (χ1n) is 2.84. The second kappa shape index (κ2) is 11.2. The van der Waals surface area contributed by atoms with Gasteiger partial charge in [0.15, 0.2) is 0 Å². The topological polar surface area (TPSA) is 55.8 Å². The molecule has 4 heteroatoms. The lowest BCUT2D eigenvalue weighted by molar-refractivity contribution is -0.142. The van der Waals surface area contributed by atoms with Gasteiger partial charge in [0.05, 0.1) is 6.61 Å². The lowest BCUT2D eigenvalue weighted by atomic mass is 10.7. The van der Waals surface area contributed by atoms with Gasteiger partial charge in [0.2, 0.25) is 0 Å². The normalized spacial score (nSPS) is 7.60. The van der Waals surface area contributed by atoms with E-state index in [-0.39, 0.29) is 5.97 Å². The lowest BCUT2D eigenvalue weighted by Gasteiger charge is -1.97. The summed E-state index contributed by atoms with van der Waals surface area (Å²) in [6, 6.07) is 0. The third-order valence-corrected chi connectivity index (χ3v) is 0.593. The maximum absolute atomic E-state index is 10.0. The highest BCUT2D eigenvalue weighted by Crippen LogP contribution is 1.74. The van der Waals surface area contributed by atoms with Crippen molar-refractivity contribution in [3.8, 4) is 0 Å². The van der Waals surface area contributed by atoms with Gasteiger partial charge in [-0.2, -0.15) is 0 Å². The van der Waals surface area contributed by atoms with Gasteiger partial charge in [0.25, 0.3) is 0 Å². The van der Waals surface area contributed by atoms with E-state index in [0.29, 0.717) is 13.2 Å². The van der Waals surface area contributed by atoms with Crippen molar-refractivity contribution in [2.45, 2.75) is 6.92 Å². The molecule has 62 valence electrons. The van der Waals surface area contributed by atoms with Crippen molar-refractivity contribution < 1.29 is 19.4 Å². The summed E-state index contributed by atoms with van der Waals surface area (Å²) in [6.07, 6.45) is 0. The second-order valence-corrected chi connectivity index (χ2v) is 1.33. The zero-order valence-electron chi connectivity index (χ0n) is 6.59. The maximum Gasteiger partial charge on any atom is 0.302 e. The van der Waals surface area contributed by atoms with E-state index in [2.05, 4.69) is 9.47 Å². The standard InChI is InChI=1S/C5H10O3.CH4O/c1-5(6)8-4-3-7-2;1-2/h3-4H2,1-2H3;2H,1H3. The van der Waals surface area contributed by atoms with Crippen LogP contribution in [0.4, 0.5) is 0 Å². The van der Waals surface area contributed by atoms with E-state index in [4.69, 9.17) is 5.11 Å². The van der Waals surface area contributed by atoms with Gasteiger partial charge in [-0.15, -0.1) is 0 Å². The van der Waals surface area contributed by atoms with E-state index in [1.165, 1.54) is 6.92 Å². The van der Waals surface area contributed by atoms with Gasteiger partial charge in [-0.25, -0.2) is 0 Å². The number of methoxy groups -OCH3 is 1. The van der Waals surface area contributed by atoms with E-state index in [0.717, 1.165) is 7.11 Å². The van der Waals surface area contributed by atoms with E-state index >= 15 is 0 Å². The van der Waals surface area contributed by atoms with Crippen LogP contribution >= 0.6 is 0 Å². The van der Waals surface area contributed by atoms with Gasteiger partial charge < -0.3 is 14.6 Å². The summed E-state index contributed by atoms with van der Waals surface area (Å²) in [5.41, 5.74) is 0. The first kappa shape index (κ1) is 12.1. The van der Waals surface area contributed by atoms with Crippen LogP contribution in [-0.4, -0.2) is 38.5 Å². The molecule has 0 saturated carbocycles. The van der Waals surface area contributed by atoms with Crippen LogP contribution < -0.4 is 0 Å². The molecule has 1 N–H and O–H groups in total. The molecule has 0 fully saturated rings. The van der Waals surface area contributed by atoms with Gasteiger partial charge in [-0.05, 0) is 0 Å². The van der Waals surface area contributed by atoms with Crippen LogP contribution in [0.25, 0.3) is 0 Å². The Bertz CT molecular complexity index is 72.1. The fourth-order valence-electron chi connectivity index (χ4n) is 0.269. The Morgan fingerprint density at radius 1 is 1.40 bits per heavy atom. The number of rotatable bonds is 3. The van der Waals surface area contributed by atoms with Gasteiger partial charge in [-0.3, -0.25) is 4.79 Å². The molecule has 0 rings (SSSR count). The SMILES string of the molecule is CO.COCCOC(C)=O. The molecule has 0 aliphatic carbocycles. The molecule has 0 bridgehead atoms. The van der Waals surface area contributed by atoms with E-state index in [1.807, 2.05) is 0 Å². The number of aliphatic hydroxyl groups is 1. The van der Waals surface area contributed by atoms with Crippen LogP contribution in [0.5, 0.6) is 0 Å². The van der Waals surface area contributed by atoms with Crippen molar-refractivity contribution in [3.63, 3.8) is 0 Å². The van der Waals surface area contributed by atoms with Crippen LogP contribution in [0.1, 0.15) is 6.92 Å². The van der Waals surface area contributed by atoms with Crippen LogP contribution in [0.15, 0.2) is 0 Å². The average molecular weight is 150 g/mol. The molecule has 0 aromatic heterocycles. The monoisotopic (exact) mass is 150 g/mol. The molecule has 0 aliphatic rings. The Morgan fingerprint density at radius 3 is 2.20 bits per heavy atom. The minimum atomic E-state index is -0.262. The highest BCUT2D eigenvalue weighted by atomic mass is 16.6. The Balaban J connectivity index is 0. The summed E-state index contributed by atoms with van der Waals surface area (Å²) in [5, 5.41) is 7.00. The van der Waals surface area contributed by atoms with Gasteiger partial charge in [-0.1, -0.05) is 0 Å². The van der Waals surface area contributed by atoms with Crippen LogP contribution in [0.2, 0.25) is 0 Å². The molecule has 0 spiro atoms. The third kappa shape index (κ3) is 15.7. The predicted octanol–water partition coefficient (Wildman–Crippen LogP) is -0.196. The maximum atomic E-state index is 10.0. The van der Waals surface area contributed by atoms with Gasteiger partial charge in [0, 0.05) is 21.1 Å².